The van der Waals surface area contributed by atoms with Crippen LogP contribution in [-0.2, 0) is 4.74 Å². The summed E-state index contributed by atoms with van der Waals surface area (Å²) >= 11 is 0. The zero-order valence-corrected chi connectivity index (χ0v) is 10.4. The Labute approximate surface area is 84.9 Å². The Morgan fingerprint density at radius 3 is 1.85 bits per heavy atom. The molecule has 0 N–H and O–H groups in total. The predicted molar refractivity (Wildman–Crippen MR) is 61.1 cm³/mol. The van der Waals surface area contributed by atoms with Gasteiger partial charge in [-0.2, -0.15) is 0 Å². The molecule has 0 bridgehead atoms. The smallest absolute Gasteiger partial charge is 0.0549 e. The molecule has 0 aromatic rings. The summed E-state index contributed by atoms with van der Waals surface area (Å²) in [7, 11) is 0. The first-order chi connectivity index (χ1) is 6.20. The van der Waals surface area contributed by atoms with Crippen LogP contribution in [0.5, 0.6) is 0 Å². The summed E-state index contributed by atoms with van der Waals surface area (Å²) in [4.78, 5) is 0. The van der Waals surface area contributed by atoms with E-state index in [0.29, 0.717) is 6.10 Å². The van der Waals surface area contributed by atoms with Crippen LogP contribution in [0.2, 0.25) is 0 Å². The minimum Gasteiger partial charge on any atom is -0.378 e. The Bertz CT molecular complexity index is 73.2. The molecule has 0 saturated carbocycles. The van der Waals surface area contributed by atoms with E-state index in [9.17, 15) is 0 Å². The van der Waals surface area contributed by atoms with E-state index >= 15 is 0 Å². The molecule has 1 heteroatoms. The molecule has 0 unspecified atom stereocenters. The molecule has 1 aliphatic heterocycles. The van der Waals surface area contributed by atoms with Crippen molar-refractivity contribution in [1.82, 2.24) is 0 Å². The van der Waals surface area contributed by atoms with Gasteiger partial charge in [0.05, 0.1) is 6.10 Å². The summed E-state index contributed by atoms with van der Waals surface area (Å²) < 4.78 is 5.35. The Kier molecular flexibility index (Phi) is 14.2. The third-order valence-corrected chi connectivity index (χ3v) is 1.75. The molecular weight excluding hydrogens is 160 g/mol. The fourth-order valence-corrected chi connectivity index (χ4v) is 1.22. The summed E-state index contributed by atoms with van der Waals surface area (Å²) in [6.07, 6.45) is 4.27. The van der Waals surface area contributed by atoms with Crippen LogP contribution in [0.15, 0.2) is 0 Å². The van der Waals surface area contributed by atoms with E-state index in [4.69, 9.17) is 4.74 Å². The Hall–Kier alpha value is -0.0400. The standard InChI is InChI=1S/C7H14O.C3H8.C2H6/c1-6-3-4-8-7(2)5-6;1-3-2;1-2/h6-7H,3-5H2,1-2H3;3H2,1-2H3;1-2H3/t6-,7-;;/m0../s1. The first-order valence-corrected chi connectivity index (χ1v) is 5.82. The third-order valence-electron chi connectivity index (χ3n) is 1.75. The van der Waals surface area contributed by atoms with Crippen LogP contribution in [0.4, 0.5) is 0 Å². The number of rotatable bonds is 0. The Morgan fingerprint density at radius 1 is 1.15 bits per heavy atom. The van der Waals surface area contributed by atoms with Gasteiger partial charge in [-0.1, -0.05) is 41.0 Å². The van der Waals surface area contributed by atoms with E-state index in [1.807, 2.05) is 13.8 Å². The lowest BCUT2D eigenvalue weighted by atomic mass is 9.99. The van der Waals surface area contributed by atoms with Crippen LogP contribution in [0.1, 0.15) is 60.8 Å². The molecule has 1 nitrogen and oxygen atoms in total. The average molecular weight is 188 g/mol. The van der Waals surface area contributed by atoms with Crippen LogP contribution in [0, 0.1) is 5.92 Å². The van der Waals surface area contributed by atoms with Gasteiger partial charge in [0.15, 0.2) is 0 Å². The van der Waals surface area contributed by atoms with Gasteiger partial charge in [-0.25, -0.2) is 0 Å². The summed E-state index contributed by atoms with van der Waals surface area (Å²) in [6.45, 7) is 13.7. The first kappa shape index (κ1) is 15.4. The molecule has 0 amide bonds. The molecule has 1 saturated heterocycles. The Morgan fingerprint density at radius 2 is 1.62 bits per heavy atom. The molecule has 1 aliphatic rings. The molecule has 0 radical (unpaired) electrons. The van der Waals surface area contributed by atoms with Crippen LogP contribution in [0.25, 0.3) is 0 Å². The van der Waals surface area contributed by atoms with Gasteiger partial charge in [0.1, 0.15) is 0 Å². The number of hydrogen-bond donors (Lipinski definition) is 0. The van der Waals surface area contributed by atoms with Gasteiger partial charge in [-0.05, 0) is 25.7 Å². The second-order valence-corrected chi connectivity index (χ2v) is 3.52. The first-order valence-electron chi connectivity index (χ1n) is 5.82. The number of hydrogen-bond acceptors (Lipinski definition) is 1. The normalized spacial score (nSPS) is 26.3. The molecule has 0 spiro atoms. The molecule has 0 aromatic carbocycles. The maximum absolute atomic E-state index is 5.35. The molecule has 1 heterocycles. The van der Waals surface area contributed by atoms with Gasteiger partial charge < -0.3 is 4.74 Å². The van der Waals surface area contributed by atoms with Crippen molar-refractivity contribution in [2.24, 2.45) is 5.92 Å². The SMILES string of the molecule is CC.CCC.C[C@H]1CCO[C@@H](C)C1. The highest BCUT2D eigenvalue weighted by atomic mass is 16.5. The van der Waals surface area contributed by atoms with E-state index in [2.05, 4.69) is 27.7 Å². The lowest BCUT2D eigenvalue weighted by molar-refractivity contribution is 0.00682. The van der Waals surface area contributed by atoms with Crippen molar-refractivity contribution in [1.29, 1.82) is 0 Å². The molecule has 0 aromatic heterocycles. The van der Waals surface area contributed by atoms with Crippen LogP contribution in [0.3, 0.4) is 0 Å². The van der Waals surface area contributed by atoms with Gasteiger partial charge >= 0.3 is 0 Å². The quantitative estimate of drug-likeness (QED) is 0.552. The fraction of sp³-hybridized carbons (Fsp3) is 1.00. The fourth-order valence-electron chi connectivity index (χ4n) is 1.22. The van der Waals surface area contributed by atoms with E-state index in [-0.39, 0.29) is 0 Å². The van der Waals surface area contributed by atoms with Crippen LogP contribution < -0.4 is 0 Å². The van der Waals surface area contributed by atoms with Crippen molar-refractivity contribution in [2.75, 3.05) is 6.61 Å². The van der Waals surface area contributed by atoms with Crippen molar-refractivity contribution in [2.45, 2.75) is 66.9 Å². The second-order valence-electron chi connectivity index (χ2n) is 3.52. The topological polar surface area (TPSA) is 9.23 Å². The average Bonchev–Trinajstić information content (AvgIpc) is 2.08. The molecule has 13 heavy (non-hydrogen) atoms. The monoisotopic (exact) mass is 188 g/mol. The van der Waals surface area contributed by atoms with Gasteiger partial charge in [-0.15, -0.1) is 0 Å². The van der Waals surface area contributed by atoms with Crippen molar-refractivity contribution >= 4 is 0 Å². The predicted octanol–water partition coefficient (Wildman–Crippen LogP) is 4.26. The van der Waals surface area contributed by atoms with Crippen LogP contribution >= 0.6 is 0 Å². The van der Waals surface area contributed by atoms with E-state index in [0.717, 1.165) is 12.5 Å². The highest BCUT2D eigenvalue weighted by Gasteiger charge is 2.13. The zero-order valence-electron chi connectivity index (χ0n) is 10.4. The van der Waals surface area contributed by atoms with E-state index in [1.54, 1.807) is 0 Å². The molecule has 1 rings (SSSR count). The third kappa shape index (κ3) is 12.0. The van der Waals surface area contributed by atoms with Crippen molar-refractivity contribution in [3.63, 3.8) is 0 Å². The maximum atomic E-state index is 5.35. The van der Waals surface area contributed by atoms with Crippen molar-refractivity contribution in [3.8, 4) is 0 Å². The highest BCUT2D eigenvalue weighted by Crippen LogP contribution is 2.18. The maximum Gasteiger partial charge on any atom is 0.0549 e. The molecule has 82 valence electrons. The highest BCUT2D eigenvalue weighted by molar-refractivity contribution is 4.63. The van der Waals surface area contributed by atoms with Crippen molar-refractivity contribution in [3.05, 3.63) is 0 Å². The lowest BCUT2D eigenvalue weighted by Crippen LogP contribution is -2.20. The molecule has 0 aliphatic carbocycles. The van der Waals surface area contributed by atoms with Crippen molar-refractivity contribution < 1.29 is 4.74 Å². The summed E-state index contributed by atoms with van der Waals surface area (Å²) in [5.41, 5.74) is 0. The van der Waals surface area contributed by atoms with Gasteiger partial charge in [0.25, 0.3) is 0 Å². The Balaban J connectivity index is 0. The summed E-state index contributed by atoms with van der Waals surface area (Å²) in [6, 6.07) is 0. The minimum absolute atomic E-state index is 0.513. The summed E-state index contributed by atoms with van der Waals surface area (Å²) in [5, 5.41) is 0. The molecular formula is C12H28O. The van der Waals surface area contributed by atoms with Gasteiger partial charge in [0.2, 0.25) is 0 Å². The zero-order chi connectivity index (χ0) is 10.7. The van der Waals surface area contributed by atoms with Gasteiger partial charge in [-0.3, -0.25) is 0 Å². The van der Waals surface area contributed by atoms with Gasteiger partial charge in [0, 0.05) is 6.61 Å². The minimum atomic E-state index is 0.513. The molecule has 1 fully saturated rings. The number of ether oxygens (including phenoxy) is 1. The van der Waals surface area contributed by atoms with E-state index < -0.39 is 0 Å². The molecule has 2 atom stereocenters. The van der Waals surface area contributed by atoms with Crippen LogP contribution in [-0.4, -0.2) is 12.7 Å². The lowest BCUT2D eigenvalue weighted by Gasteiger charge is -2.23. The largest absolute Gasteiger partial charge is 0.378 e. The summed E-state index contributed by atoms with van der Waals surface area (Å²) in [5.74, 6) is 0.888. The second kappa shape index (κ2) is 12.0. The van der Waals surface area contributed by atoms with E-state index in [1.165, 1.54) is 19.3 Å².